The van der Waals surface area contributed by atoms with E-state index in [-0.39, 0.29) is 23.9 Å². The molecule has 5 nitrogen and oxygen atoms in total. The first-order valence-corrected chi connectivity index (χ1v) is 6.48. The van der Waals surface area contributed by atoms with Crippen molar-refractivity contribution in [2.75, 3.05) is 11.4 Å². The third kappa shape index (κ3) is 2.27. The standard InChI is InChI=1S/C13H11ClFN3O2/c1-7-16-13(20-17-7)8-4-12(19)18(6-8)11-5-9(14)2-3-10(11)15/h2-3,5,8H,4,6H2,1H3. The number of nitrogens with zero attached hydrogens (tertiary/aromatic N) is 3. The van der Waals surface area contributed by atoms with Gasteiger partial charge in [0.05, 0.1) is 11.6 Å². The molecule has 0 spiro atoms. The van der Waals surface area contributed by atoms with Crippen molar-refractivity contribution in [2.45, 2.75) is 19.3 Å². The number of halogens is 2. The summed E-state index contributed by atoms with van der Waals surface area (Å²) in [6, 6.07) is 4.13. The van der Waals surface area contributed by atoms with Crippen LogP contribution < -0.4 is 4.90 Å². The molecule has 0 saturated carbocycles. The van der Waals surface area contributed by atoms with Crippen LogP contribution in [0.1, 0.15) is 24.1 Å². The summed E-state index contributed by atoms with van der Waals surface area (Å²) in [6.45, 7) is 2.01. The number of rotatable bonds is 2. The fourth-order valence-corrected chi connectivity index (χ4v) is 2.44. The summed E-state index contributed by atoms with van der Waals surface area (Å²) in [7, 11) is 0. The van der Waals surface area contributed by atoms with Gasteiger partial charge in [-0.3, -0.25) is 4.79 Å². The van der Waals surface area contributed by atoms with E-state index in [0.717, 1.165) is 0 Å². The van der Waals surface area contributed by atoms with Crippen molar-refractivity contribution < 1.29 is 13.7 Å². The number of aryl methyl sites for hydroxylation is 1. The molecule has 104 valence electrons. The van der Waals surface area contributed by atoms with Crippen molar-refractivity contribution in [1.82, 2.24) is 10.1 Å². The molecule has 1 atom stereocenters. The maximum Gasteiger partial charge on any atom is 0.232 e. The van der Waals surface area contributed by atoms with Gasteiger partial charge in [-0.1, -0.05) is 16.8 Å². The molecule has 7 heteroatoms. The molecule has 20 heavy (non-hydrogen) atoms. The van der Waals surface area contributed by atoms with Crippen LogP contribution in [0.5, 0.6) is 0 Å². The molecule has 0 N–H and O–H groups in total. The molecule has 2 heterocycles. The Balaban J connectivity index is 1.89. The van der Waals surface area contributed by atoms with Crippen LogP contribution in [0.3, 0.4) is 0 Å². The molecular formula is C13H11ClFN3O2. The molecule has 3 rings (SSSR count). The monoisotopic (exact) mass is 295 g/mol. The lowest BCUT2D eigenvalue weighted by Crippen LogP contribution is -2.25. The minimum absolute atomic E-state index is 0.182. The van der Waals surface area contributed by atoms with Gasteiger partial charge in [-0.2, -0.15) is 4.98 Å². The number of amides is 1. The third-order valence-corrected chi connectivity index (χ3v) is 3.45. The largest absolute Gasteiger partial charge is 0.339 e. The van der Waals surface area contributed by atoms with Crippen LogP contribution in [0.4, 0.5) is 10.1 Å². The Morgan fingerprint density at radius 3 is 3.00 bits per heavy atom. The molecule has 1 amide bonds. The number of aromatic nitrogens is 2. The first-order chi connectivity index (χ1) is 9.54. The number of hydrogen-bond donors (Lipinski definition) is 0. The van der Waals surface area contributed by atoms with Crippen molar-refractivity contribution in [2.24, 2.45) is 0 Å². The Bertz CT molecular complexity index is 673. The van der Waals surface area contributed by atoms with Gasteiger partial charge in [0, 0.05) is 18.0 Å². The van der Waals surface area contributed by atoms with E-state index < -0.39 is 5.82 Å². The highest BCUT2D eigenvalue weighted by atomic mass is 35.5. The molecule has 1 aliphatic heterocycles. The molecule has 0 bridgehead atoms. The lowest BCUT2D eigenvalue weighted by molar-refractivity contribution is -0.117. The smallest absolute Gasteiger partial charge is 0.232 e. The fourth-order valence-electron chi connectivity index (χ4n) is 2.28. The van der Waals surface area contributed by atoms with E-state index in [0.29, 0.717) is 23.3 Å². The summed E-state index contributed by atoms with van der Waals surface area (Å²) < 4.78 is 18.9. The predicted octanol–water partition coefficient (Wildman–Crippen LogP) is 2.69. The van der Waals surface area contributed by atoms with E-state index in [9.17, 15) is 9.18 Å². The highest BCUT2D eigenvalue weighted by Crippen LogP contribution is 2.33. The second kappa shape index (κ2) is 4.86. The molecular weight excluding hydrogens is 285 g/mol. The lowest BCUT2D eigenvalue weighted by atomic mass is 10.1. The Kier molecular flexibility index (Phi) is 3.17. The van der Waals surface area contributed by atoms with Gasteiger partial charge in [-0.05, 0) is 25.1 Å². The molecule has 1 fully saturated rings. The SMILES string of the molecule is Cc1noc(C2CC(=O)N(c3cc(Cl)ccc3F)C2)n1. The molecule has 0 aliphatic carbocycles. The third-order valence-electron chi connectivity index (χ3n) is 3.22. The highest BCUT2D eigenvalue weighted by Gasteiger charge is 2.36. The summed E-state index contributed by atoms with van der Waals surface area (Å²) in [6.07, 6.45) is 0.216. The number of hydrogen-bond acceptors (Lipinski definition) is 4. The first kappa shape index (κ1) is 13.1. The van der Waals surface area contributed by atoms with Gasteiger partial charge in [-0.15, -0.1) is 0 Å². The van der Waals surface area contributed by atoms with Crippen LogP contribution in [0, 0.1) is 12.7 Å². The second-order valence-corrected chi connectivity index (χ2v) is 5.12. The van der Waals surface area contributed by atoms with Gasteiger partial charge >= 0.3 is 0 Å². The maximum atomic E-state index is 13.8. The van der Waals surface area contributed by atoms with Crippen molar-refractivity contribution in [3.63, 3.8) is 0 Å². The second-order valence-electron chi connectivity index (χ2n) is 4.68. The van der Waals surface area contributed by atoms with Crippen LogP contribution in [-0.2, 0) is 4.79 Å². The zero-order valence-electron chi connectivity index (χ0n) is 10.6. The molecule has 1 aliphatic rings. The summed E-state index contributed by atoms with van der Waals surface area (Å²) >= 11 is 5.85. The average Bonchev–Trinajstić information content (AvgIpc) is 2.99. The molecule has 0 radical (unpaired) electrons. The number of benzene rings is 1. The van der Waals surface area contributed by atoms with Crippen molar-refractivity contribution >= 4 is 23.2 Å². The number of anilines is 1. The van der Waals surface area contributed by atoms with Crippen LogP contribution in [0.25, 0.3) is 0 Å². The minimum Gasteiger partial charge on any atom is -0.339 e. The van der Waals surface area contributed by atoms with Crippen molar-refractivity contribution in [1.29, 1.82) is 0 Å². The van der Waals surface area contributed by atoms with Crippen LogP contribution in [0.15, 0.2) is 22.7 Å². The number of carbonyl (C=O) groups excluding carboxylic acids is 1. The molecule has 1 aromatic carbocycles. The topological polar surface area (TPSA) is 59.2 Å². The van der Waals surface area contributed by atoms with Crippen LogP contribution >= 0.6 is 11.6 Å². The maximum absolute atomic E-state index is 13.8. The van der Waals surface area contributed by atoms with Gasteiger partial charge in [-0.25, -0.2) is 4.39 Å². The Morgan fingerprint density at radius 1 is 1.50 bits per heavy atom. The van der Waals surface area contributed by atoms with E-state index in [1.54, 1.807) is 6.92 Å². The average molecular weight is 296 g/mol. The highest BCUT2D eigenvalue weighted by molar-refractivity contribution is 6.31. The molecule has 1 aromatic heterocycles. The van der Waals surface area contributed by atoms with Crippen LogP contribution in [-0.4, -0.2) is 22.6 Å². The van der Waals surface area contributed by atoms with E-state index in [1.807, 2.05) is 0 Å². The lowest BCUT2D eigenvalue weighted by Gasteiger charge is -2.17. The Labute approximate surface area is 119 Å². The summed E-state index contributed by atoms with van der Waals surface area (Å²) in [4.78, 5) is 17.5. The molecule has 1 unspecified atom stereocenters. The number of carbonyl (C=O) groups is 1. The van der Waals surface area contributed by atoms with E-state index in [2.05, 4.69) is 10.1 Å². The van der Waals surface area contributed by atoms with E-state index in [4.69, 9.17) is 16.1 Å². The summed E-state index contributed by atoms with van der Waals surface area (Å²) in [5.41, 5.74) is 0.182. The van der Waals surface area contributed by atoms with Gasteiger partial charge < -0.3 is 9.42 Å². The van der Waals surface area contributed by atoms with Gasteiger partial charge in [0.2, 0.25) is 11.8 Å². The molecule has 2 aromatic rings. The van der Waals surface area contributed by atoms with E-state index >= 15 is 0 Å². The first-order valence-electron chi connectivity index (χ1n) is 6.10. The van der Waals surface area contributed by atoms with Crippen LogP contribution in [0.2, 0.25) is 5.02 Å². The van der Waals surface area contributed by atoms with Gasteiger partial charge in [0.15, 0.2) is 5.82 Å². The van der Waals surface area contributed by atoms with Crippen molar-refractivity contribution in [3.8, 4) is 0 Å². The normalized spacial score (nSPS) is 18.9. The van der Waals surface area contributed by atoms with Crippen molar-refractivity contribution in [3.05, 3.63) is 40.8 Å². The van der Waals surface area contributed by atoms with Gasteiger partial charge in [0.1, 0.15) is 5.82 Å². The minimum atomic E-state index is -0.481. The Morgan fingerprint density at radius 2 is 2.30 bits per heavy atom. The zero-order valence-corrected chi connectivity index (χ0v) is 11.4. The van der Waals surface area contributed by atoms with E-state index in [1.165, 1.54) is 23.1 Å². The summed E-state index contributed by atoms with van der Waals surface area (Å²) in [5, 5.41) is 4.09. The zero-order chi connectivity index (χ0) is 14.3. The van der Waals surface area contributed by atoms with Gasteiger partial charge in [0.25, 0.3) is 0 Å². The predicted molar refractivity (Wildman–Crippen MR) is 70.2 cm³/mol. The molecule has 1 saturated heterocycles. The quantitative estimate of drug-likeness (QED) is 0.854. The summed E-state index contributed by atoms with van der Waals surface area (Å²) in [5.74, 6) is 0.0276. The fraction of sp³-hybridized carbons (Fsp3) is 0.308. The Hall–Kier alpha value is -1.95.